The maximum Gasteiger partial charge on any atom is 0.241 e. The highest BCUT2D eigenvalue weighted by atomic mass is 16.2. The van der Waals surface area contributed by atoms with Gasteiger partial charge in [-0.05, 0) is 12.0 Å². The summed E-state index contributed by atoms with van der Waals surface area (Å²) in [5.41, 5.74) is 7.64. The number of nitrogens with two attached hydrogens (primary N) is 1. The molecule has 1 unspecified atom stereocenters. The largest absolute Gasteiger partial charge is 0.354 e. The SMILES string of the molecule is Cn1cc(CCNC(=O)C(N)c2cnn(C)c2)cn1. The zero-order valence-corrected chi connectivity index (χ0v) is 11.1. The van der Waals surface area contributed by atoms with E-state index in [-0.39, 0.29) is 5.91 Å². The zero-order chi connectivity index (χ0) is 13.8. The highest BCUT2D eigenvalue weighted by molar-refractivity contribution is 5.82. The summed E-state index contributed by atoms with van der Waals surface area (Å²) in [6.07, 6.45) is 7.79. The molecule has 0 aliphatic rings. The molecule has 0 bridgehead atoms. The van der Waals surface area contributed by atoms with Crippen molar-refractivity contribution in [3.63, 3.8) is 0 Å². The molecule has 7 heteroatoms. The Balaban J connectivity index is 1.81. The molecule has 3 N–H and O–H groups in total. The van der Waals surface area contributed by atoms with Crippen molar-refractivity contribution < 1.29 is 4.79 Å². The Kier molecular flexibility index (Phi) is 3.96. The molecule has 19 heavy (non-hydrogen) atoms. The number of nitrogens with zero attached hydrogens (tertiary/aromatic N) is 4. The third kappa shape index (κ3) is 3.41. The number of amides is 1. The number of carbonyl (C=O) groups is 1. The summed E-state index contributed by atoms with van der Waals surface area (Å²) in [7, 11) is 3.65. The summed E-state index contributed by atoms with van der Waals surface area (Å²) in [5.74, 6) is -0.197. The van der Waals surface area contributed by atoms with Crippen LogP contribution in [0.3, 0.4) is 0 Å². The first-order valence-electron chi connectivity index (χ1n) is 6.05. The predicted octanol–water partition coefficient (Wildman–Crippen LogP) is -0.488. The predicted molar refractivity (Wildman–Crippen MR) is 70.1 cm³/mol. The fourth-order valence-electron chi connectivity index (χ4n) is 1.79. The van der Waals surface area contributed by atoms with Crippen LogP contribution in [0.15, 0.2) is 24.8 Å². The summed E-state index contributed by atoms with van der Waals surface area (Å²) in [6.45, 7) is 0.540. The van der Waals surface area contributed by atoms with Crippen LogP contribution in [0.4, 0.5) is 0 Å². The molecule has 0 radical (unpaired) electrons. The summed E-state index contributed by atoms with van der Waals surface area (Å²) < 4.78 is 3.36. The van der Waals surface area contributed by atoms with Crippen LogP contribution in [-0.2, 0) is 25.3 Å². The van der Waals surface area contributed by atoms with Gasteiger partial charge in [0.15, 0.2) is 0 Å². The average molecular weight is 262 g/mol. The quantitative estimate of drug-likeness (QED) is 0.761. The lowest BCUT2D eigenvalue weighted by Gasteiger charge is -2.09. The van der Waals surface area contributed by atoms with Crippen molar-refractivity contribution in [1.29, 1.82) is 0 Å². The monoisotopic (exact) mass is 262 g/mol. The Labute approximate surface area is 111 Å². The third-order valence-corrected chi connectivity index (χ3v) is 2.84. The summed E-state index contributed by atoms with van der Waals surface area (Å²) in [6, 6.07) is -0.678. The van der Waals surface area contributed by atoms with Crippen molar-refractivity contribution in [2.75, 3.05) is 6.54 Å². The van der Waals surface area contributed by atoms with Crippen LogP contribution in [0, 0.1) is 0 Å². The van der Waals surface area contributed by atoms with Crippen molar-refractivity contribution in [3.05, 3.63) is 35.9 Å². The second-order valence-corrected chi connectivity index (χ2v) is 4.49. The van der Waals surface area contributed by atoms with Gasteiger partial charge in [-0.2, -0.15) is 10.2 Å². The van der Waals surface area contributed by atoms with Crippen molar-refractivity contribution in [2.24, 2.45) is 19.8 Å². The smallest absolute Gasteiger partial charge is 0.241 e. The van der Waals surface area contributed by atoms with Gasteiger partial charge in [0.25, 0.3) is 0 Å². The minimum atomic E-state index is -0.678. The van der Waals surface area contributed by atoms with Crippen LogP contribution in [0.5, 0.6) is 0 Å². The molecule has 0 aliphatic carbocycles. The van der Waals surface area contributed by atoms with Crippen molar-refractivity contribution in [2.45, 2.75) is 12.5 Å². The van der Waals surface area contributed by atoms with Crippen molar-refractivity contribution in [3.8, 4) is 0 Å². The Hall–Kier alpha value is -2.15. The molecule has 0 saturated heterocycles. The van der Waals surface area contributed by atoms with Gasteiger partial charge in [0, 0.05) is 38.6 Å². The van der Waals surface area contributed by atoms with E-state index in [1.807, 2.05) is 13.2 Å². The third-order valence-electron chi connectivity index (χ3n) is 2.84. The van der Waals surface area contributed by atoms with E-state index < -0.39 is 6.04 Å². The van der Waals surface area contributed by atoms with Crippen molar-refractivity contribution >= 4 is 5.91 Å². The van der Waals surface area contributed by atoms with Crippen molar-refractivity contribution in [1.82, 2.24) is 24.9 Å². The summed E-state index contributed by atoms with van der Waals surface area (Å²) >= 11 is 0. The van der Waals surface area contributed by atoms with Gasteiger partial charge in [-0.3, -0.25) is 14.2 Å². The van der Waals surface area contributed by atoms with Gasteiger partial charge in [0.2, 0.25) is 5.91 Å². The standard InChI is InChI=1S/C12H18N6O/c1-17-7-9(5-15-17)3-4-14-12(19)11(13)10-6-16-18(2)8-10/h5-8,11H,3-4,13H2,1-2H3,(H,14,19). The lowest BCUT2D eigenvalue weighted by Crippen LogP contribution is -2.35. The van der Waals surface area contributed by atoms with E-state index in [4.69, 9.17) is 5.73 Å². The molecule has 0 saturated carbocycles. The van der Waals surface area contributed by atoms with Crippen LogP contribution < -0.4 is 11.1 Å². The highest BCUT2D eigenvalue weighted by Gasteiger charge is 2.16. The molecule has 2 heterocycles. The van der Waals surface area contributed by atoms with E-state index in [2.05, 4.69) is 15.5 Å². The minimum Gasteiger partial charge on any atom is -0.354 e. The van der Waals surface area contributed by atoms with Gasteiger partial charge in [-0.1, -0.05) is 0 Å². The maximum absolute atomic E-state index is 11.9. The second kappa shape index (κ2) is 5.66. The topological polar surface area (TPSA) is 90.8 Å². The Bertz CT molecular complexity index is 558. The number of nitrogens with one attached hydrogen (secondary N) is 1. The zero-order valence-electron chi connectivity index (χ0n) is 11.1. The molecule has 0 aliphatic heterocycles. The Morgan fingerprint density at radius 2 is 2.00 bits per heavy atom. The molecule has 2 rings (SSSR count). The number of aromatic nitrogens is 4. The van der Waals surface area contributed by atoms with E-state index in [0.29, 0.717) is 12.1 Å². The Morgan fingerprint density at radius 3 is 2.58 bits per heavy atom. The fraction of sp³-hybridized carbons (Fsp3) is 0.417. The van der Waals surface area contributed by atoms with Crippen LogP contribution in [0.25, 0.3) is 0 Å². The first-order valence-corrected chi connectivity index (χ1v) is 6.05. The Morgan fingerprint density at radius 1 is 1.32 bits per heavy atom. The van der Waals surface area contributed by atoms with E-state index in [1.54, 1.807) is 35.0 Å². The number of aryl methyl sites for hydroxylation is 2. The van der Waals surface area contributed by atoms with Gasteiger partial charge in [-0.25, -0.2) is 0 Å². The molecular weight excluding hydrogens is 244 g/mol. The van der Waals surface area contributed by atoms with E-state index in [1.165, 1.54) is 0 Å². The van der Waals surface area contributed by atoms with Gasteiger partial charge in [-0.15, -0.1) is 0 Å². The van der Waals surface area contributed by atoms with Crippen LogP contribution >= 0.6 is 0 Å². The van der Waals surface area contributed by atoms with Crippen LogP contribution in [0.1, 0.15) is 17.2 Å². The normalized spacial score (nSPS) is 12.4. The summed E-state index contributed by atoms with van der Waals surface area (Å²) in [5, 5.41) is 10.9. The van der Waals surface area contributed by atoms with Crippen LogP contribution in [0.2, 0.25) is 0 Å². The van der Waals surface area contributed by atoms with Gasteiger partial charge >= 0.3 is 0 Å². The lowest BCUT2D eigenvalue weighted by atomic mass is 10.1. The lowest BCUT2D eigenvalue weighted by molar-refractivity contribution is -0.122. The molecule has 1 atom stereocenters. The average Bonchev–Trinajstić information content (AvgIpc) is 2.97. The number of rotatable bonds is 5. The first kappa shape index (κ1) is 13.3. The minimum absolute atomic E-state index is 0.197. The van der Waals surface area contributed by atoms with Gasteiger partial charge < -0.3 is 11.1 Å². The van der Waals surface area contributed by atoms with Gasteiger partial charge in [0.1, 0.15) is 6.04 Å². The second-order valence-electron chi connectivity index (χ2n) is 4.49. The maximum atomic E-state index is 11.9. The molecule has 0 fully saturated rings. The molecule has 0 aromatic carbocycles. The number of carbonyl (C=O) groups excluding carboxylic acids is 1. The first-order chi connectivity index (χ1) is 9.06. The molecule has 7 nitrogen and oxygen atoms in total. The van der Waals surface area contributed by atoms with Gasteiger partial charge in [0.05, 0.1) is 12.4 Å². The van der Waals surface area contributed by atoms with E-state index in [9.17, 15) is 4.79 Å². The van der Waals surface area contributed by atoms with E-state index in [0.717, 1.165) is 12.0 Å². The molecule has 0 spiro atoms. The highest BCUT2D eigenvalue weighted by Crippen LogP contribution is 2.08. The summed E-state index contributed by atoms with van der Waals surface area (Å²) in [4.78, 5) is 11.9. The molecule has 102 valence electrons. The molecule has 2 aromatic heterocycles. The fourth-order valence-corrected chi connectivity index (χ4v) is 1.79. The van der Waals surface area contributed by atoms with Crippen LogP contribution in [-0.4, -0.2) is 32.0 Å². The number of hydrogen-bond donors (Lipinski definition) is 2. The number of hydrogen-bond acceptors (Lipinski definition) is 4. The molecule has 2 aromatic rings. The van der Waals surface area contributed by atoms with E-state index >= 15 is 0 Å². The molecule has 1 amide bonds. The molecular formula is C12H18N6O.